The average Bonchev–Trinajstić information content (AvgIpc) is 2.41. The van der Waals surface area contributed by atoms with Crippen molar-refractivity contribution in [2.24, 2.45) is 0 Å². The standard InChI is InChI=1S/C13H19FN2O3/c1-19-8-4-7-15-13(18)16-9-12(17)10-5-2-3-6-11(10)14/h2-3,5-6,12,17H,4,7-9H2,1H3,(H2,15,16,18). The minimum absolute atomic E-state index is 0.0446. The van der Waals surface area contributed by atoms with Crippen LogP contribution in [0.25, 0.3) is 0 Å². The number of aliphatic hydroxyl groups is 1. The van der Waals surface area contributed by atoms with E-state index in [1.54, 1.807) is 19.2 Å². The molecule has 2 amide bonds. The zero-order chi connectivity index (χ0) is 14.1. The first-order chi connectivity index (χ1) is 9.15. The Morgan fingerprint density at radius 3 is 2.84 bits per heavy atom. The number of halogens is 1. The third-order valence-corrected chi connectivity index (χ3v) is 2.53. The third-order valence-electron chi connectivity index (χ3n) is 2.53. The van der Waals surface area contributed by atoms with Gasteiger partial charge in [0.25, 0.3) is 0 Å². The van der Waals surface area contributed by atoms with Crippen LogP contribution in [0, 0.1) is 5.82 Å². The molecular weight excluding hydrogens is 251 g/mol. The quantitative estimate of drug-likeness (QED) is 0.652. The fraction of sp³-hybridized carbons (Fsp3) is 0.462. The number of hydrogen-bond donors (Lipinski definition) is 3. The number of rotatable bonds is 7. The van der Waals surface area contributed by atoms with Crippen molar-refractivity contribution >= 4 is 6.03 Å². The summed E-state index contributed by atoms with van der Waals surface area (Å²) in [6.45, 7) is 1.00. The smallest absolute Gasteiger partial charge is 0.314 e. The Hall–Kier alpha value is -1.66. The fourth-order valence-corrected chi connectivity index (χ4v) is 1.53. The van der Waals surface area contributed by atoms with Crippen LogP contribution in [0.1, 0.15) is 18.1 Å². The Morgan fingerprint density at radius 1 is 1.42 bits per heavy atom. The number of urea groups is 1. The van der Waals surface area contributed by atoms with Gasteiger partial charge in [-0.15, -0.1) is 0 Å². The van der Waals surface area contributed by atoms with Crippen molar-refractivity contribution in [3.05, 3.63) is 35.6 Å². The van der Waals surface area contributed by atoms with Crippen molar-refractivity contribution in [1.82, 2.24) is 10.6 Å². The molecule has 0 aliphatic heterocycles. The molecule has 1 rings (SSSR count). The molecule has 0 fully saturated rings. The van der Waals surface area contributed by atoms with E-state index < -0.39 is 18.0 Å². The number of benzene rings is 1. The number of carbonyl (C=O) groups excluding carboxylic acids is 1. The second-order valence-electron chi connectivity index (χ2n) is 4.02. The maximum atomic E-state index is 13.3. The van der Waals surface area contributed by atoms with Crippen molar-refractivity contribution in [2.45, 2.75) is 12.5 Å². The lowest BCUT2D eigenvalue weighted by atomic mass is 10.1. The highest BCUT2D eigenvalue weighted by Crippen LogP contribution is 2.15. The monoisotopic (exact) mass is 270 g/mol. The van der Waals surface area contributed by atoms with Gasteiger partial charge in [0.15, 0.2) is 0 Å². The van der Waals surface area contributed by atoms with Gasteiger partial charge >= 0.3 is 6.03 Å². The molecular formula is C13H19FN2O3. The van der Waals surface area contributed by atoms with Crippen molar-refractivity contribution in [1.29, 1.82) is 0 Å². The van der Waals surface area contributed by atoms with Crippen LogP contribution in [0.2, 0.25) is 0 Å². The maximum absolute atomic E-state index is 13.3. The predicted octanol–water partition coefficient (Wildman–Crippen LogP) is 1.19. The number of hydrogen-bond acceptors (Lipinski definition) is 3. The van der Waals surface area contributed by atoms with Crippen LogP contribution in [0.15, 0.2) is 24.3 Å². The summed E-state index contributed by atoms with van der Waals surface area (Å²) < 4.78 is 18.2. The van der Waals surface area contributed by atoms with E-state index in [9.17, 15) is 14.3 Å². The molecule has 1 atom stereocenters. The maximum Gasteiger partial charge on any atom is 0.314 e. The number of carbonyl (C=O) groups is 1. The normalized spacial score (nSPS) is 11.9. The Kier molecular flexibility index (Phi) is 6.84. The molecule has 0 bridgehead atoms. The van der Waals surface area contributed by atoms with Crippen molar-refractivity contribution < 1.29 is 19.0 Å². The second kappa shape index (κ2) is 8.44. The predicted molar refractivity (Wildman–Crippen MR) is 69.3 cm³/mol. The van der Waals surface area contributed by atoms with Crippen LogP contribution < -0.4 is 10.6 Å². The molecule has 0 saturated heterocycles. The molecule has 3 N–H and O–H groups in total. The van der Waals surface area contributed by atoms with Gasteiger partial charge in [-0.1, -0.05) is 18.2 Å². The summed E-state index contributed by atoms with van der Waals surface area (Å²) >= 11 is 0. The van der Waals surface area contributed by atoms with Crippen molar-refractivity contribution in [3.8, 4) is 0 Å². The van der Waals surface area contributed by atoms with E-state index in [0.717, 1.165) is 0 Å². The van der Waals surface area contributed by atoms with Gasteiger partial charge in [-0.3, -0.25) is 0 Å². The van der Waals surface area contributed by atoms with Gasteiger partial charge in [-0.2, -0.15) is 0 Å². The Labute approximate surface area is 111 Å². The van der Waals surface area contributed by atoms with Crippen molar-refractivity contribution in [3.63, 3.8) is 0 Å². The number of amides is 2. The summed E-state index contributed by atoms with van der Waals surface area (Å²) in [5, 5.41) is 14.8. The molecule has 0 radical (unpaired) electrons. The molecule has 1 unspecified atom stereocenters. The highest BCUT2D eigenvalue weighted by Gasteiger charge is 2.12. The van der Waals surface area contributed by atoms with Crippen LogP contribution in [-0.2, 0) is 4.74 Å². The number of ether oxygens (including phenoxy) is 1. The zero-order valence-corrected chi connectivity index (χ0v) is 10.9. The van der Waals surface area contributed by atoms with Gasteiger partial charge in [0.1, 0.15) is 5.82 Å². The van der Waals surface area contributed by atoms with E-state index in [2.05, 4.69) is 10.6 Å². The first kappa shape index (κ1) is 15.4. The summed E-state index contributed by atoms with van der Waals surface area (Å²) in [6, 6.07) is 5.53. The molecule has 0 aliphatic rings. The molecule has 0 aliphatic carbocycles. The summed E-state index contributed by atoms with van der Waals surface area (Å²) in [6.07, 6.45) is -0.356. The molecule has 1 aromatic carbocycles. The SMILES string of the molecule is COCCCNC(=O)NCC(O)c1ccccc1F. The molecule has 1 aromatic rings. The van der Waals surface area contributed by atoms with Gasteiger partial charge in [0.2, 0.25) is 0 Å². The Bertz CT molecular complexity index is 401. The lowest BCUT2D eigenvalue weighted by Gasteiger charge is -2.13. The largest absolute Gasteiger partial charge is 0.386 e. The van der Waals surface area contributed by atoms with E-state index in [1.165, 1.54) is 12.1 Å². The zero-order valence-electron chi connectivity index (χ0n) is 10.9. The van der Waals surface area contributed by atoms with E-state index in [-0.39, 0.29) is 12.1 Å². The number of nitrogens with one attached hydrogen (secondary N) is 2. The topological polar surface area (TPSA) is 70.6 Å². The lowest BCUT2D eigenvalue weighted by molar-refractivity contribution is 0.168. The molecule has 0 aromatic heterocycles. The Balaban J connectivity index is 2.28. The fourth-order valence-electron chi connectivity index (χ4n) is 1.53. The number of aliphatic hydroxyl groups excluding tert-OH is 1. The van der Waals surface area contributed by atoms with E-state index in [0.29, 0.717) is 19.6 Å². The summed E-state index contributed by atoms with van der Waals surface area (Å²) in [5.41, 5.74) is 0.169. The van der Waals surface area contributed by atoms with Gasteiger partial charge in [-0.05, 0) is 12.5 Å². The number of methoxy groups -OCH3 is 1. The van der Waals surface area contributed by atoms with Crippen LogP contribution in [-0.4, -0.2) is 37.9 Å². The average molecular weight is 270 g/mol. The first-order valence-corrected chi connectivity index (χ1v) is 6.08. The summed E-state index contributed by atoms with van der Waals surface area (Å²) in [7, 11) is 1.59. The molecule has 0 heterocycles. The van der Waals surface area contributed by atoms with Gasteiger partial charge in [0.05, 0.1) is 6.10 Å². The molecule has 19 heavy (non-hydrogen) atoms. The van der Waals surface area contributed by atoms with Gasteiger partial charge in [0, 0.05) is 32.4 Å². The van der Waals surface area contributed by atoms with E-state index in [1.807, 2.05) is 0 Å². The molecule has 0 spiro atoms. The van der Waals surface area contributed by atoms with E-state index >= 15 is 0 Å². The van der Waals surface area contributed by atoms with Gasteiger partial charge in [-0.25, -0.2) is 9.18 Å². The minimum Gasteiger partial charge on any atom is -0.386 e. The van der Waals surface area contributed by atoms with Crippen LogP contribution in [0.4, 0.5) is 9.18 Å². The Morgan fingerprint density at radius 2 is 2.16 bits per heavy atom. The molecule has 6 heteroatoms. The van der Waals surface area contributed by atoms with Crippen molar-refractivity contribution in [2.75, 3.05) is 26.8 Å². The molecule has 0 saturated carbocycles. The molecule has 5 nitrogen and oxygen atoms in total. The highest BCUT2D eigenvalue weighted by molar-refractivity contribution is 5.73. The third kappa shape index (κ3) is 5.67. The van der Waals surface area contributed by atoms with E-state index in [4.69, 9.17) is 4.74 Å². The van der Waals surface area contributed by atoms with Crippen LogP contribution >= 0.6 is 0 Å². The highest BCUT2D eigenvalue weighted by atomic mass is 19.1. The summed E-state index contributed by atoms with van der Waals surface area (Å²) in [5.74, 6) is -0.489. The first-order valence-electron chi connectivity index (χ1n) is 6.08. The molecule has 106 valence electrons. The summed E-state index contributed by atoms with van der Waals surface area (Å²) in [4.78, 5) is 11.4. The lowest BCUT2D eigenvalue weighted by Crippen LogP contribution is -2.38. The van der Waals surface area contributed by atoms with Gasteiger partial charge < -0.3 is 20.5 Å². The van der Waals surface area contributed by atoms with Crippen LogP contribution in [0.3, 0.4) is 0 Å². The second-order valence-corrected chi connectivity index (χ2v) is 4.02. The minimum atomic E-state index is -1.06. The van der Waals surface area contributed by atoms with Crippen LogP contribution in [0.5, 0.6) is 0 Å².